The van der Waals surface area contributed by atoms with Crippen LogP contribution in [-0.4, -0.2) is 16.4 Å². The van der Waals surface area contributed by atoms with Gasteiger partial charge in [0.25, 0.3) is 0 Å². The van der Waals surface area contributed by atoms with Gasteiger partial charge in [0.2, 0.25) is 0 Å². The third kappa shape index (κ3) is 2.12. The molecule has 0 atom stereocenters. The zero-order valence-corrected chi connectivity index (χ0v) is 9.27. The molecule has 0 spiro atoms. The molecule has 0 unspecified atom stereocenters. The Balaban J connectivity index is 2.13. The molecule has 1 aromatic rings. The van der Waals surface area contributed by atoms with E-state index in [9.17, 15) is 0 Å². The van der Waals surface area contributed by atoms with Crippen molar-refractivity contribution in [3.05, 3.63) is 35.9 Å². The Hall–Kier alpha value is -1.51. The lowest BCUT2D eigenvalue weighted by atomic mass is 10.0. The first-order valence-corrected chi connectivity index (χ1v) is 5.22. The molecule has 1 aromatic carbocycles. The predicted octanol–water partition coefficient (Wildman–Crippen LogP) is 1.94. The van der Waals surface area contributed by atoms with Gasteiger partial charge in [-0.15, -0.1) is 0 Å². The van der Waals surface area contributed by atoms with E-state index >= 15 is 0 Å². The molecule has 1 aliphatic heterocycles. The molecule has 0 saturated heterocycles. The zero-order chi connectivity index (χ0) is 10.9. The van der Waals surface area contributed by atoms with Gasteiger partial charge >= 0.3 is 0 Å². The number of rotatable bonds is 2. The van der Waals surface area contributed by atoms with Crippen LogP contribution in [0.25, 0.3) is 0 Å². The Bertz CT molecular complexity index is 368. The number of hydrogen-bond acceptors (Lipinski definition) is 3. The summed E-state index contributed by atoms with van der Waals surface area (Å²) in [4.78, 5) is 0. The Kier molecular flexibility index (Phi) is 2.39. The van der Waals surface area contributed by atoms with Crippen LogP contribution in [0, 0.1) is 0 Å². The van der Waals surface area contributed by atoms with Crippen molar-refractivity contribution in [1.82, 2.24) is 5.01 Å². The first kappa shape index (κ1) is 10.0. The summed E-state index contributed by atoms with van der Waals surface area (Å²) in [6, 6.07) is 10.3. The second kappa shape index (κ2) is 3.57. The number of nitrogens with zero attached hydrogens (tertiary/aromatic N) is 2. The highest BCUT2D eigenvalue weighted by molar-refractivity contribution is 5.82. The molecule has 1 heterocycles. The molecule has 2 N–H and O–H groups in total. The van der Waals surface area contributed by atoms with E-state index in [1.54, 1.807) is 0 Å². The van der Waals surface area contributed by atoms with Crippen LogP contribution in [0.15, 0.2) is 35.4 Å². The van der Waals surface area contributed by atoms with Gasteiger partial charge in [-0.25, -0.2) is 0 Å². The van der Waals surface area contributed by atoms with Crippen LogP contribution in [0.3, 0.4) is 0 Å². The summed E-state index contributed by atoms with van der Waals surface area (Å²) < 4.78 is 0. The van der Waals surface area contributed by atoms with Gasteiger partial charge in [0.1, 0.15) is 5.84 Å². The molecule has 80 valence electrons. The van der Waals surface area contributed by atoms with Gasteiger partial charge in [0, 0.05) is 6.42 Å². The molecular weight excluding hydrogens is 186 g/mol. The molecule has 0 fully saturated rings. The summed E-state index contributed by atoms with van der Waals surface area (Å²) in [6.07, 6.45) is 0.847. The highest BCUT2D eigenvalue weighted by Crippen LogP contribution is 2.26. The lowest BCUT2D eigenvalue weighted by Crippen LogP contribution is -2.36. The molecular formula is C12H17N3. The Morgan fingerprint density at radius 1 is 1.33 bits per heavy atom. The SMILES string of the molecule is CC1(C)CC(N)=NN1Cc1ccccc1. The molecule has 0 saturated carbocycles. The van der Waals surface area contributed by atoms with Crippen LogP contribution in [-0.2, 0) is 6.54 Å². The molecule has 0 radical (unpaired) electrons. The van der Waals surface area contributed by atoms with E-state index in [-0.39, 0.29) is 5.54 Å². The number of amidine groups is 1. The predicted molar refractivity (Wildman–Crippen MR) is 62.3 cm³/mol. The number of hydrogen-bond donors (Lipinski definition) is 1. The molecule has 0 bridgehead atoms. The van der Waals surface area contributed by atoms with E-state index in [4.69, 9.17) is 5.73 Å². The van der Waals surface area contributed by atoms with Crippen LogP contribution in [0.5, 0.6) is 0 Å². The van der Waals surface area contributed by atoms with Crippen molar-refractivity contribution < 1.29 is 0 Å². The Morgan fingerprint density at radius 3 is 2.53 bits per heavy atom. The Labute approximate surface area is 90.6 Å². The van der Waals surface area contributed by atoms with Gasteiger partial charge in [0.15, 0.2) is 0 Å². The lowest BCUT2D eigenvalue weighted by Gasteiger charge is -2.30. The largest absolute Gasteiger partial charge is 0.386 e. The van der Waals surface area contributed by atoms with Gasteiger partial charge in [-0.1, -0.05) is 30.3 Å². The molecule has 1 aliphatic rings. The van der Waals surface area contributed by atoms with E-state index < -0.39 is 0 Å². The standard InChI is InChI=1S/C12H17N3/c1-12(2)8-11(13)14-15(12)9-10-6-4-3-5-7-10/h3-7H,8-9H2,1-2H3,(H2,13,14). The summed E-state index contributed by atoms with van der Waals surface area (Å²) in [7, 11) is 0. The van der Waals surface area contributed by atoms with Crippen LogP contribution in [0.1, 0.15) is 25.8 Å². The van der Waals surface area contributed by atoms with E-state index in [2.05, 4.69) is 36.1 Å². The summed E-state index contributed by atoms with van der Waals surface area (Å²) in [6.45, 7) is 5.16. The van der Waals surface area contributed by atoms with Crippen molar-refractivity contribution in [2.45, 2.75) is 32.4 Å². The lowest BCUT2D eigenvalue weighted by molar-refractivity contribution is 0.144. The van der Waals surface area contributed by atoms with Crippen molar-refractivity contribution in [2.24, 2.45) is 10.8 Å². The zero-order valence-electron chi connectivity index (χ0n) is 9.27. The quantitative estimate of drug-likeness (QED) is 0.798. The highest BCUT2D eigenvalue weighted by atomic mass is 15.5. The first-order valence-electron chi connectivity index (χ1n) is 5.22. The second-order valence-corrected chi connectivity index (χ2v) is 4.62. The molecule has 0 amide bonds. The van der Waals surface area contributed by atoms with Crippen molar-refractivity contribution >= 4 is 5.84 Å². The van der Waals surface area contributed by atoms with Gasteiger partial charge < -0.3 is 5.73 Å². The molecule has 3 nitrogen and oxygen atoms in total. The van der Waals surface area contributed by atoms with Gasteiger partial charge in [-0.05, 0) is 19.4 Å². The minimum atomic E-state index is 0.0416. The summed E-state index contributed by atoms with van der Waals surface area (Å²) in [5, 5.41) is 6.43. The van der Waals surface area contributed by atoms with Crippen LogP contribution < -0.4 is 5.73 Å². The molecule has 2 rings (SSSR count). The number of benzene rings is 1. The summed E-state index contributed by atoms with van der Waals surface area (Å²) >= 11 is 0. The van der Waals surface area contributed by atoms with E-state index in [1.807, 2.05) is 18.2 Å². The fraction of sp³-hybridized carbons (Fsp3) is 0.417. The first-order chi connectivity index (χ1) is 7.08. The third-order valence-corrected chi connectivity index (χ3v) is 2.74. The summed E-state index contributed by atoms with van der Waals surface area (Å²) in [5.41, 5.74) is 7.07. The molecule has 0 aromatic heterocycles. The van der Waals surface area contributed by atoms with E-state index in [1.165, 1.54) is 5.56 Å². The maximum atomic E-state index is 5.76. The van der Waals surface area contributed by atoms with Crippen molar-refractivity contribution in [2.75, 3.05) is 0 Å². The minimum absolute atomic E-state index is 0.0416. The second-order valence-electron chi connectivity index (χ2n) is 4.62. The van der Waals surface area contributed by atoms with Crippen LogP contribution in [0.4, 0.5) is 0 Å². The van der Waals surface area contributed by atoms with Crippen molar-refractivity contribution in [1.29, 1.82) is 0 Å². The smallest absolute Gasteiger partial charge is 0.122 e. The normalized spacial score (nSPS) is 19.1. The monoisotopic (exact) mass is 203 g/mol. The van der Waals surface area contributed by atoms with Crippen molar-refractivity contribution in [3.63, 3.8) is 0 Å². The van der Waals surface area contributed by atoms with Crippen LogP contribution >= 0.6 is 0 Å². The average Bonchev–Trinajstić information content (AvgIpc) is 2.41. The van der Waals surface area contributed by atoms with E-state index in [0.717, 1.165) is 18.8 Å². The molecule has 0 aliphatic carbocycles. The number of hydrazone groups is 1. The maximum Gasteiger partial charge on any atom is 0.122 e. The molecule has 3 heteroatoms. The molecule has 15 heavy (non-hydrogen) atoms. The Morgan fingerprint density at radius 2 is 2.00 bits per heavy atom. The highest BCUT2D eigenvalue weighted by Gasteiger charge is 2.32. The fourth-order valence-corrected chi connectivity index (χ4v) is 1.87. The van der Waals surface area contributed by atoms with Gasteiger partial charge in [-0.2, -0.15) is 5.10 Å². The van der Waals surface area contributed by atoms with Crippen molar-refractivity contribution in [3.8, 4) is 0 Å². The minimum Gasteiger partial charge on any atom is -0.386 e. The van der Waals surface area contributed by atoms with Gasteiger partial charge in [0.05, 0.1) is 12.1 Å². The average molecular weight is 203 g/mol. The van der Waals surface area contributed by atoms with E-state index in [0.29, 0.717) is 0 Å². The van der Waals surface area contributed by atoms with Crippen LogP contribution in [0.2, 0.25) is 0 Å². The fourth-order valence-electron chi connectivity index (χ4n) is 1.87. The maximum absolute atomic E-state index is 5.76. The summed E-state index contributed by atoms with van der Waals surface area (Å²) in [5.74, 6) is 0.732. The number of nitrogens with two attached hydrogens (primary N) is 1. The third-order valence-electron chi connectivity index (χ3n) is 2.74. The topological polar surface area (TPSA) is 41.6 Å². The van der Waals surface area contributed by atoms with Gasteiger partial charge in [-0.3, -0.25) is 5.01 Å².